The van der Waals surface area contributed by atoms with Gasteiger partial charge in [0.05, 0.1) is 0 Å². The van der Waals surface area contributed by atoms with Crippen molar-refractivity contribution in [1.29, 1.82) is 0 Å². The zero-order chi connectivity index (χ0) is 13.7. The van der Waals surface area contributed by atoms with Gasteiger partial charge in [-0.1, -0.05) is 19.3 Å². The number of rotatable bonds is 5. The molecule has 0 amide bonds. The van der Waals surface area contributed by atoms with Crippen LogP contribution in [0.4, 0.5) is 5.82 Å². The van der Waals surface area contributed by atoms with E-state index in [2.05, 4.69) is 24.1 Å². The van der Waals surface area contributed by atoms with Crippen molar-refractivity contribution in [3.63, 3.8) is 0 Å². The molecule has 1 heterocycles. The number of hydrogen-bond acceptors (Lipinski definition) is 4. The molecule has 4 nitrogen and oxygen atoms in total. The Balaban J connectivity index is 2.34. The van der Waals surface area contributed by atoms with E-state index in [1.807, 2.05) is 13.0 Å². The summed E-state index contributed by atoms with van der Waals surface area (Å²) in [5.41, 5.74) is 0.744. The minimum atomic E-state index is -0.261. The molecule has 0 saturated heterocycles. The Labute approximate surface area is 116 Å². The quantitative estimate of drug-likeness (QED) is 0.884. The maximum absolute atomic E-state index is 6.09. The second-order valence-corrected chi connectivity index (χ2v) is 5.24. The number of nitrogens with zero attached hydrogens (tertiary/aromatic N) is 2. The van der Waals surface area contributed by atoms with Crippen molar-refractivity contribution in [3.05, 3.63) is 17.6 Å². The van der Waals surface area contributed by atoms with Gasteiger partial charge in [-0.05, 0) is 33.6 Å². The Morgan fingerprint density at radius 3 is 2.58 bits per heavy atom. The van der Waals surface area contributed by atoms with Crippen LogP contribution in [0, 0.1) is 6.92 Å². The fourth-order valence-electron chi connectivity index (χ4n) is 2.88. The summed E-state index contributed by atoms with van der Waals surface area (Å²) < 4.78 is 6.09. The molecular weight excluding hydrogens is 238 g/mol. The van der Waals surface area contributed by atoms with Gasteiger partial charge < -0.3 is 10.1 Å². The van der Waals surface area contributed by atoms with Gasteiger partial charge in [0, 0.05) is 24.9 Å². The van der Waals surface area contributed by atoms with Crippen molar-refractivity contribution in [2.24, 2.45) is 0 Å². The Hall–Kier alpha value is -1.16. The van der Waals surface area contributed by atoms with Crippen molar-refractivity contribution in [2.45, 2.75) is 58.5 Å². The largest absolute Gasteiger partial charge is 0.370 e. The molecule has 19 heavy (non-hydrogen) atoms. The highest BCUT2D eigenvalue weighted by molar-refractivity contribution is 5.36. The monoisotopic (exact) mass is 263 g/mol. The molecule has 0 bridgehead atoms. The lowest BCUT2D eigenvalue weighted by atomic mass is 9.83. The molecule has 0 aliphatic heterocycles. The Morgan fingerprint density at radius 2 is 1.95 bits per heavy atom. The van der Waals surface area contributed by atoms with E-state index in [-0.39, 0.29) is 5.60 Å². The van der Waals surface area contributed by atoms with Crippen LogP contribution in [0.1, 0.15) is 57.5 Å². The van der Waals surface area contributed by atoms with Gasteiger partial charge in [-0.25, -0.2) is 9.97 Å². The summed E-state index contributed by atoms with van der Waals surface area (Å²) >= 11 is 0. The molecule has 0 atom stereocenters. The predicted molar refractivity (Wildman–Crippen MR) is 77.3 cm³/mol. The average Bonchev–Trinajstić information content (AvgIpc) is 2.40. The standard InChI is InChI=1S/C15H25N3O/c1-4-16-13-11-12(3)17-14(18-13)15(19-5-2)9-7-6-8-10-15/h11H,4-10H2,1-3H3,(H,16,17,18). The summed E-state index contributed by atoms with van der Waals surface area (Å²) in [5, 5.41) is 3.28. The second-order valence-electron chi connectivity index (χ2n) is 5.24. The van der Waals surface area contributed by atoms with Gasteiger partial charge in [-0.15, -0.1) is 0 Å². The maximum Gasteiger partial charge on any atom is 0.162 e. The van der Waals surface area contributed by atoms with Crippen LogP contribution >= 0.6 is 0 Å². The van der Waals surface area contributed by atoms with Crippen LogP contribution in [0.2, 0.25) is 0 Å². The van der Waals surface area contributed by atoms with Crippen LogP contribution in [0.5, 0.6) is 0 Å². The lowest BCUT2D eigenvalue weighted by molar-refractivity contribution is -0.0767. The Bertz CT molecular complexity index is 408. The second kappa shape index (κ2) is 6.33. The minimum absolute atomic E-state index is 0.261. The van der Waals surface area contributed by atoms with E-state index in [9.17, 15) is 0 Å². The zero-order valence-electron chi connectivity index (χ0n) is 12.3. The van der Waals surface area contributed by atoms with Crippen molar-refractivity contribution in [3.8, 4) is 0 Å². The molecule has 1 aliphatic rings. The number of anilines is 1. The average molecular weight is 263 g/mol. The highest BCUT2D eigenvalue weighted by Gasteiger charge is 2.37. The highest BCUT2D eigenvalue weighted by atomic mass is 16.5. The number of aryl methyl sites for hydroxylation is 1. The van der Waals surface area contributed by atoms with Crippen molar-refractivity contribution >= 4 is 5.82 Å². The molecule has 0 aromatic carbocycles. The number of aromatic nitrogens is 2. The molecule has 1 aromatic rings. The van der Waals surface area contributed by atoms with E-state index in [4.69, 9.17) is 9.72 Å². The summed E-state index contributed by atoms with van der Waals surface area (Å²) in [7, 11) is 0. The lowest BCUT2D eigenvalue weighted by Gasteiger charge is -2.35. The summed E-state index contributed by atoms with van der Waals surface area (Å²) in [4.78, 5) is 9.34. The van der Waals surface area contributed by atoms with Crippen LogP contribution in [0.3, 0.4) is 0 Å². The molecule has 0 spiro atoms. The van der Waals surface area contributed by atoms with Gasteiger partial charge in [0.15, 0.2) is 5.82 Å². The molecule has 0 unspecified atom stereocenters. The number of ether oxygens (including phenoxy) is 1. The highest BCUT2D eigenvalue weighted by Crippen LogP contribution is 2.39. The lowest BCUT2D eigenvalue weighted by Crippen LogP contribution is -2.35. The fraction of sp³-hybridized carbons (Fsp3) is 0.733. The van der Waals surface area contributed by atoms with Gasteiger partial charge in [0.25, 0.3) is 0 Å². The first kappa shape index (κ1) is 14.3. The smallest absolute Gasteiger partial charge is 0.162 e. The van der Waals surface area contributed by atoms with Gasteiger partial charge in [0.1, 0.15) is 11.4 Å². The normalized spacial score (nSPS) is 18.3. The number of nitrogens with one attached hydrogen (secondary N) is 1. The topological polar surface area (TPSA) is 47.0 Å². The summed E-state index contributed by atoms with van der Waals surface area (Å²) in [6, 6.07) is 2.00. The fourth-order valence-corrected chi connectivity index (χ4v) is 2.88. The third-order valence-corrected chi connectivity index (χ3v) is 3.70. The number of hydrogen-bond donors (Lipinski definition) is 1. The molecular formula is C15H25N3O. The molecule has 1 fully saturated rings. The van der Waals surface area contributed by atoms with E-state index in [0.717, 1.165) is 36.7 Å². The molecule has 2 rings (SSSR count). The molecule has 1 N–H and O–H groups in total. The Kier molecular flexibility index (Phi) is 4.75. The van der Waals surface area contributed by atoms with E-state index in [0.29, 0.717) is 6.61 Å². The van der Waals surface area contributed by atoms with Crippen molar-refractivity contribution in [2.75, 3.05) is 18.5 Å². The van der Waals surface area contributed by atoms with Crippen LogP contribution in [-0.4, -0.2) is 23.1 Å². The summed E-state index contributed by atoms with van der Waals surface area (Å²) in [6.07, 6.45) is 5.77. The Morgan fingerprint density at radius 1 is 1.21 bits per heavy atom. The molecule has 1 aromatic heterocycles. The summed E-state index contributed by atoms with van der Waals surface area (Å²) in [6.45, 7) is 7.74. The van der Waals surface area contributed by atoms with Crippen LogP contribution < -0.4 is 5.32 Å². The van der Waals surface area contributed by atoms with E-state index >= 15 is 0 Å². The first-order valence-electron chi connectivity index (χ1n) is 7.44. The van der Waals surface area contributed by atoms with Gasteiger partial charge >= 0.3 is 0 Å². The molecule has 0 radical (unpaired) electrons. The first-order chi connectivity index (χ1) is 9.20. The van der Waals surface area contributed by atoms with Crippen molar-refractivity contribution in [1.82, 2.24) is 9.97 Å². The molecule has 1 saturated carbocycles. The van der Waals surface area contributed by atoms with Crippen LogP contribution in [-0.2, 0) is 10.3 Å². The van der Waals surface area contributed by atoms with Crippen LogP contribution in [0.25, 0.3) is 0 Å². The van der Waals surface area contributed by atoms with Crippen molar-refractivity contribution < 1.29 is 4.74 Å². The van der Waals surface area contributed by atoms with Crippen LogP contribution in [0.15, 0.2) is 6.07 Å². The molecule has 106 valence electrons. The minimum Gasteiger partial charge on any atom is -0.370 e. The van der Waals surface area contributed by atoms with E-state index in [1.165, 1.54) is 19.3 Å². The third-order valence-electron chi connectivity index (χ3n) is 3.70. The SMILES string of the molecule is CCNc1cc(C)nc(C2(OCC)CCCCC2)n1. The zero-order valence-corrected chi connectivity index (χ0v) is 12.3. The predicted octanol–water partition coefficient (Wildman–Crippen LogP) is 3.41. The molecule has 4 heteroatoms. The van der Waals surface area contributed by atoms with E-state index < -0.39 is 0 Å². The first-order valence-corrected chi connectivity index (χ1v) is 7.44. The maximum atomic E-state index is 6.09. The van der Waals surface area contributed by atoms with Gasteiger partial charge in [0.2, 0.25) is 0 Å². The van der Waals surface area contributed by atoms with Gasteiger partial charge in [-0.2, -0.15) is 0 Å². The van der Waals surface area contributed by atoms with Gasteiger partial charge in [-0.3, -0.25) is 0 Å². The third kappa shape index (κ3) is 3.24. The molecule has 1 aliphatic carbocycles. The summed E-state index contributed by atoms with van der Waals surface area (Å²) in [5.74, 6) is 1.78. The van der Waals surface area contributed by atoms with E-state index in [1.54, 1.807) is 0 Å².